The number of rotatable bonds is 5. The lowest BCUT2D eigenvalue weighted by Crippen LogP contribution is -2.14. The highest BCUT2D eigenvalue weighted by molar-refractivity contribution is 8.01. The molecular weight excluding hydrogens is 375 g/mol. The Kier molecular flexibility index (Phi) is 5.07. The number of benzene rings is 1. The predicted octanol–water partition coefficient (Wildman–Crippen LogP) is 4.20. The Morgan fingerprint density at radius 3 is 2.83 bits per heavy atom. The number of nitriles is 1. The van der Waals surface area contributed by atoms with E-state index in [9.17, 15) is 4.79 Å². The van der Waals surface area contributed by atoms with Gasteiger partial charge in [-0.25, -0.2) is 0 Å². The molecule has 0 saturated heterocycles. The van der Waals surface area contributed by atoms with Gasteiger partial charge in [0, 0.05) is 16.0 Å². The van der Waals surface area contributed by atoms with Crippen LogP contribution in [0.2, 0.25) is 10.0 Å². The Hall–Kier alpha value is -1.33. The molecule has 0 aliphatic heterocycles. The fourth-order valence-electron chi connectivity index (χ4n) is 2.25. The molecular formula is C14H10Cl2N4OS2. The van der Waals surface area contributed by atoms with Gasteiger partial charge in [-0.05, 0) is 36.1 Å². The number of aromatic nitrogens is 2. The highest BCUT2D eigenvalue weighted by Gasteiger charge is 2.44. The van der Waals surface area contributed by atoms with E-state index in [1.165, 1.54) is 23.1 Å². The number of carbonyl (C=O) groups excluding carboxylic acids is 1. The number of hydrogen-bond acceptors (Lipinski definition) is 6. The maximum absolute atomic E-state index is 12.3. The summed E-state index contributed by atoms with van der Waals surface area (Å²) in [6.45, 7) is 0. The molecule has 2 aromatic rings. The zero-order valence-corrected chi connectivity index (χ0v) is 14.8. The zero-order chi connectivity index (χ0) is 16.4. The lowest BCUT2D eigenvalue weighted by atomic mass is 10.1. The molecule has 1 saturated carbocycles. The predicted molar refractivity (Wildman–Crippen MR) is 92.2 cm³/mol. The van der Waals surface area contributed by atoms with Crippen LogP contribution in [0.15, 0.2) is 22.5 Å². The highest BCUT2D eigenvalue weighted by Crippen LogP contribution is 2.49. The molecule has 1 amide bonds. The van der Waals surface area contributed by atoms with Gasteiger partial charge >= 0.3 is 0 Å². The number of nitrogens with zero attached hydrogens (tertiary/aromatic N) is 3. The minimum atomic E-state index is -0.108. The van der Waals surface area contributed by atoms with Crippen LogP contribution in [0.4, 0.5) is 5.13 Å². The summed E-state index contributed by atoms with van der Waals surface area (Å²) in [6.07, 6.45) is 0.761. The summed E-state index contributed by atoms with van der Waals surface area (Å²) in [6, 6.07) is 7.37. The van der Waals surface area contributed by atoms with Gasteiger partial charge in [-0.3, -0.25) is 4.79 Å². The van der Waals surface area contributed by atoms with E-state index in [0.717, 1.165) is 12.0 Å². The Balaban J connectivity index is 1.60. The van der Waals surface area contributed by atoms with E-state index in [1.54, 1.807) is 6.07 Å². The second kappa shape index (κ2) is 7.05. The minimum absolute atomic E-state index is 0.0842. The van der Waals surface area contributed by atoms with Crippen LogP contribution in [-0.4, -0.2) is 21.9 Å². The average Bonchev–Trinajstić information content (AvgIpc) is 3.19. The first-order valence-corrected chi connectivity index (χ1v) is 9.22. The van der Waals surface area contributed by atoms with Crippen LogP contribution in [0.3, 0.4) is 0 Å². The summed E-state index contributed by atoms with van der Waals surface area (Å²) in [4.78, 5) is 12.3. The summed E-state index contributed by atoms with van der Waals surface area (Å²) in [5, 5.41) is 20.7. The lowest BCUT2D eigenvalue weighted by molar-refractivity contribution is -0.117. The van der Waals surface area contributed by atoms with Crippen LogP contribution >= 0.6 is 46.3 Å². The molecule has 0 radical (unpaired) electrons. The van der Waals surface area contributed by atoms with E-state index < -0.39 is 0 Å². The number of nitrogens with one attached hydrogen (secondary N) is 1. The molecule has 1 aliphatic carbocycles. The average molecular weight is 385 g/mol. The van der Waals surface area contributed by atoms with Crippen molar-refractivity contribution >= 4 is 57.3 Å². The molecule has 0 bridgehead atoms. The third-order valence-corrected chi connectivity index (χ3v) is 5.61. The standard InChI is InChI=1S/C14H10Cl2N4OS2/c15-8-3-7(4-9(16)5-8)10-6-11(10)12(21)18-13-19-20-14(23-13)22-2-1-17/h3-5,10-11H,2,6H2,(H,18,19,21)/t10-,11+/m1/s1. The SMILES string of the molecule is N#CCSc1nnc(NC(=O)[C@H]2C[C@@H]2c2cc(Cl)cc(Cl)c2)s1. The van der Waals surface area contributed by atoms with Crippen molar-refractivity contribution in [3.05, 3.63) is 33.8 Å². The fourth-order valence-corrected chi connectivity index (χ4v) is 4.21. The van der Waals surface area contributed by atoms with Crippen molar-refractivity contribution < 1.29 is 4.79 Å². The minimum Gasteiger partial charge on any atom is -0.300 e. The van der Waals surface area contributed by atoms with Crippen molar-refractivity contribution in [2.75, 3.05) is 11.1 Å². The molecule has 3 rings (SSSR count). The van der Waals surface area contributed by atoms with Crippen molar-refractivity contribution in [2.24, 2.45) is 5.92 Å². The van der Waals surface area contributed by atoms with E-state index in [1.807, 2.05) is 18.2 Å². The van der Waals surface area contributed by atoms with Crippen LogP contribution < -0.4 is 5.32 Å². The monoisotopic (exact) mass is 384 g/mol. The molecule has 0 spiro atoms. The maximum atomic E-state index is 12.3. The third-order valence-electron chi connectivity index (χ3n) is 3.34. The first-order chi connectivity index (χ1) is 11.1. The third kappa shape index (κ3) is 4.15. The molecule has 1 heterocycles. The van der Waals surface area contributed by atoms with Crippen LogP contribution in [0.5, 0.6) is 0 Å². The quantitative estimate of drug-likeness (QED) is 0.616. The molecule has 9 heteroatoms. The van der Waals surface area contributed by atoms with Crippen molar-refractivity contribution in [3.8, 4) is 6.07 Å². The number of halogens is 2. The Morgan fingerprint density at radius 1 is 1.39 bits per heavy atom. The van der Waals surface area contributed by atoms with Crippen molar-refractivity contribution in [3.63, 3.8) is 0 Å². The van der Waals surface area contributed by atoms with E-state index >= 15 is 0 Å². The first-order valence-electron chi connectivity index (χ1n) is 6.67. The van der Waals surface area contributed by atoms with Gasteiger partial charge < -0.3 is 5.32 Å². The topological polar surface area (TPSA) is 78.7 Å². The number of anilines is 1. The van der Waals surface area contributed by atoms with Gasteiger partial charge in [0.1, 0.15) is 0 Å². The second-order valence-corrected chi connectivity index (χ2v) is 8.03. The van der Waals surface area contributed by atoms with Gasteiger partial charge in [0.15, 0.2) is 4.34 Å². The fraction of sp³-hybridized carbons (Fsp3) is 0.286. The molecule has 5 nitrogen and oxygen atoms in total. The van der Waals surface area contributed by atoms with Gasteiger partial charge in [0.05, 0.1) is 11.8 Å². The number of carbonyl (C=O) groups is 1. The van der Waals surface area contributed by atoms with E-state index in [2.05, 4.69) is 15.5 Å². The van der Waals surface area contributed by atoms with Crippen molar-refractivity contribution in [1.82, 2.24) is 10.2 Å². The molecule has 1 aliphatic rings. The Morgan fingerprint density at radius 2 is 2.13 bits per heavy atom. The summed E-state index contributed by atoms with van der Waals surface area (Å²) in [5.74, 6) is 0.247. The summed E-state index contributed by atoms with van der Waals surface area (Å²) in [5.41, 5.74) is 0.977. The number of thioether (sulfide) groups is 1. The lowest BCUT2D eigenvalue weighted by Gasteiger charge is -2.03. The maximum Gasteiger partial charge on any atom is 0.229 e. The van der Waals surface area contributed by atoms with E-state index in [0.29, 0.717) is 25.3 Å². The Bertz CT molecular complexity index is 769. The van der Waals surface area contributed by atoms with Gasteiger partial charge in [0.2, 0.25) is 11.0 Å². The van der Waals surface area contributed by atoms with Crippen LogP contribution in [-0.2, 0) is 4.79 Å². The first kappa shape index (κ1) is 16.5. The molecule has 1 N–H and O–H groups in total. The van der Waals surface area contributed by atoms with Gasteiger partial charge in [-0.15, -0.1) is 10.2 Å². The number of amides is 1. The molecule has 1 aromatic heterocycles. The van der Waals surface area contributed by atoms with E-state index in [-0.39, 0.29) is 17.7 Å². The van der Waals surface area contributed by atoms with E-state index in [4.69, 9.17) is 28.5 Å². The molecule has 2 atom stereocenters. The van der Waals surface area contributed by atoms with Crippen molar-refractivity contribution in [2.45, 2.75) is 16.7 Å². The van der Waals surface area contributed by atoms with Gasteiger partial charge in [-0.2, -0.15) is 5.26 Å². The zero-order valence-electron chi connectivity index (χ0n) is 11.6. The summed E-state index contributed by atoms with van der Waals surface area (Å²) >= 11 is 14.6. The molecule has 23 heavy (non-hydrogen) atoms. The second-order valence-electron chi connectivity index (χ2n) is 4.96. The van der Waals surface area contributed by atoms with Crippen LogP contribution in [0.25, 0.3) is 0 Å². The molecule has 1 fully saturated rings. The summed E-state index contributed by atoms with van der Waals surface area (Å²) < 4.78 is 0.663. The molecule has 1 aromatic carbocycles. The molecule has 118 valence electrons. The van der Waals surface area contributed by atoms with Crippen LogP contribution in [0.1, 0.15) is 17.9 Å². The largest absolute Gasteiger partial charge is 0.300 e. The normalized spacial score (nSPS) is 19.2. The number of hydrogen-bond donors (Lipinski definition) is 1. The van der Waals surface area contributed by atoms with Crippen molar-refractivity contribution in [1.29, 1.82) is 5.26 Å². The van der Waals surface area contributed by atoms with Gasteiger partial charge in [0.25, 0.3) is 0 Å². The van der Waals surface area contributed by atoms with Crippen LogP contribution in [0, 0.1) is 17.2 Å². The smallest absolute Gasteiger partial charge is 0.229 e. The Labute approximate surface area is 151 Å². The summed E-state index contributed by atoms with van der Waals surface area (Å²) in [7, 11) is 0. The van der Waals surface area contributed by atoms with Gasteiger partial charge in [-0.1, -0.05) is 46.3 Å². The highest BCUT2D eigenvalue weighted by atomic mass is 35.5. The molecule has 0 unspecified atom stereocenters.